The van der Waals surface area contributed by atoms with Gasteiger partial charge in [0.1, 0.15) is 5.75 Å². The summed E-state index contributed by atoms with van der Waals surface area (Å²) in [5.74, 6) is 1.37. The number of ether oxygens (including phenoxy) is 2. The van der Waals surface area contributed by atoms with Gasteiger partial charge in [-0.3, -0.25) is 0 Å². The van der Waals surface area contributed by atoms with Crippen molar-refractivity contribution in [2.24, 2.45) is 0 Å². The first-order chi connectivity index (χ1) is 5.36. The summed E-state index contributed by atoms with van der Waals surface area (Å²) in [6, 6.07) is 3.53. The van der Waals surface area contributed by atoms with Gasteiger partial charge in [-0.05, 0) is 13.0 Å². The summed E-state index contributed by atoms with van der Waals surface area (Å²) in [7, 11) is 1.62. The van der Waals surface area contributed by atoms with Crippen molar-refractivity contribution in [3.63, 3.8) is 0 Å². The number of pyridine rings is 1. The molecule has 1 aromatic rings. The van der Waals surface area contributed by atoms with E-state index in [1.54, 1.807) is 25.4 Å². The largest absolute Gasteiger partial charge is 0.497 e. The third-order valence-corrected chi connectivity index (χ3v) is 1.23. The molecule has 0 saturated carbocycles. The van der Waals surface area contributed by atoms with Crippen molar-refractivity contribution in [2.75, 3.05) is 13.7 Å². The van der Waals surface area contributed by atoms with Crippen LogP contribution in [-0.4, -0.2) is 18.7 Å². The predicted molar refractivity (Wildman–Crippen MR) is 42.0 cm³/mol. The van der Waals surface area contributed by atoms with E-state index in [2.05, 4.69) is 4.98 Å². The molecule has 0 aliphatic rings. The Morgan fingerprint density at radius 2 is 2.36 bits per heavy atom. The number of nitrogens with zero attached hydrogens (tertiary/aromatic N) is 1. The molecule has 0 spiro atoms. The van der Waals surface area contributed by atoms with Crippen molar-refractivity contribution in [1.82, 2.24) is 4.98 Å². The molecule has 0 amide bonds. The zero-order chi connectivity index (χ0) is 8.10. The summed E-state index contributed by atoms with van der Waals surface area (Å²) in [5, 5.41) is 0. The summed E-state index contributed by atoms with van der Waals surface area (Å²) >= 11 is 0. The molecule has 0 N–H and O–H groups in total. The van der Waals surface area contributed by atoms with Crippen LogP contribution in [0.25, 0.3) is 0 Å². The van der Waals surface area contributed by atoms with Crippen LogP contribution in [0, 0.1) is 0 Å². The van der Waals surface area contributed by atoms with E-state index in [1.165, 1.54) is 0 Å². The molecule has 0 aromatic carbocycles. The Balaban J connectivity index is 2.74. The Hall–Kier alpha value is -1.25. The molecule has 0 fully saturated rings. The predicted octanol–water partition coefficient (Wildman–Crippen LogP) is 1.49. The minimum Gasteiger partial charge on any atom is -0.497 e. The van der Waals surface area contributed by atoms with E-state index in [9.17, 15) is 0 Å². The molecule has 0 saturated heterocycles. The van der Waals surface area contributed by atoms with Gasteiger partial charge in [-0.1, -0.05) is 0 Å². The Bertz CT molecular complexity index is 225. The molecule has 0 unspecified atom stereocenters. The number of aromatic nitrogens is 1. The third kappa shape index (κ3) is 2.11. The highest BCUT2D eigenvalue weighted by Crippen LogP contribution is 2.14. The van der Waals surface area contributed by atoms with Gasteiger partial charge in [0.15, 0.2) is 0 Å². The molecule has 60 valence electrons. The molecule has 0 aliphatic carbocycles. The van der Waals surface area contributed by atoms with Gasteiger partial charge in [0.2, 0.25) is 5.88 Å². The molecule has 3 heteroatoms. The van der Waals surface area contributed by atoms with Gasteiger partial charge in [0.25, 0.3) is 0 Å². The van der Waals surface area contributed by atoms with Gasteiger partial charge < -0.3 is 9.47 Å². The van der Waals surface area contributed by atoms with E-state index in [4.69, 9.17) is 9.47 Å². The normalized spacial score (nSPS) is 9.27. The van der Waals surface area contributed by atoms with E-state index >= 15 is 0 Å². The van der Waals surface area contributed by atoms with Crippen LogP contribution in [-0.2, 0) is 0 Å². The maximum absolute atomic E-state index is 5.16. The second kappa shape index (κ2) is 3.81. The Morgan fingerprint density at radius 1 is 1.55 bits per heavy atom. The zero-order valence-corrected chi connectivity index (χ0v) is 6.70. The van der Waals surface area contributed by atoms with Crippen LogP contribution in [0.15, 0.2) is 18.3 Å². The first kappa shape index (κ1) is 7.85. The number of rotatable bonds is 3. The summed E-state index contributed by atoms with van der Waals surface area (Å²) < 4.78 is 10.1. The minimum atomic E-state index is 0.604. The smallest absolute Gasteiger partial charge is 0.216 e. The second-order valence-corrected chi connectivity index (χ2v) is 1.97. The fourth-order valence-electron chi connectivity index (χ4n) is 0.745. The van der Waals surface area contributed by atoms with E-state index in [-0.39, 0.29) is 0 Å². The SMILES string of the molecule is CCOc1cc(OC)ccn1. The first-order valence-corrected chi connectivity index (χ1v) is 3.49. The van der Waals surface area contributed by atoms with Gasteiger partial charge in [-0.2, -0.15) is 0 Å². The Kier molecular flexibility index (Phi) is 2.72. The van der Waals surface area contributed by atoms with Crippen LogP contribution < -0.4 is 9.47 Å². The van der Waals surface area contributed by atoms with Crippen molar-refractivity contribution in [1.29, 1.82) is 0 Å². The van der Waals surface area contributed by atoms with Crippen LogP contribution in [0.2, 0.25) is 0 Å². The minimum absolute atomic E-state index is 0.604. The standard InChI is InChI=1S/C8H11NO2/c1-3-11-8-6-7(10-2)4-5-9-8/h4-6H,3H2,1-2H3. The molecule has 1 aromatic heterocycles. The molecular formula is C8H11NO2. The molecule has 11 heavy (non-hydrogen) atoms. The third-order valence-electron chi connectivity index (χ3n) is 1.23. The van der Waals surface area contributed by atoms with Crippen molar-refractivity contribution in [3.8, 4) is 11.6 Å². The lowest BCUT2D eigenvalue weighted by Crippen LogP contribution is -1.94. The van der Waals surface area contributed by atoms with Crippen molar-refractivity contribution in [2.45, 2.75) is 6.92 Å². The molecule has 0 aliphatic heterocycles. The summed E-state index contributed by atoms with van der Waals surface area (Å²) in [6.45, 7) is 2.54. The summed E-state index contributed by atoms with van der Waals surface area (Å²) in [4.78, 5) is 3.97. The lowest BCUT2D eigenvalue weighted by atomic mass is 10.4. The van der Waals surface area contributed by atoms with Crippen LogP contribution in [0.3, 0.4) is 0 Å². The Morgan fingerprint density at radius 3 is 3.00 bits per heavy atom. The molecule has 0 radical (unpaired) electrons. The highest BCUT2D eigenvalue weighted by Gasteiger charge is 1.94. The maximum atomic E-state index is 5.16. The molecular weight excluding hydrogens is 142 g/mol. The average molecular weight is 153 g/mol. The summed E-state index contributed by atoms with van der Waals surface area (Å²) in [6.07, 6.45) is 1.66. The number of methoxy groups -OCH3 is 1. The molecule has 3 nitrogen and oxygen atoms in total. The molecule has 0 bridgehead atoms. The zero-order valence-electron chi connectivity index (χ0n) is 6.70. The quantitative estimate of drug-likeness (QED) is 0.659. The monoisotopic (exact) mass is 153 g/mol. The van der Waals surface area contributed by atoms with Crippen molar-refractivity contribution >= 4 is 0 Å². The van der Waals surface area contributed by atoms with Crippen LogP contribution in [0.4, 0.5) is 0 Å². The van der Waals surface area contributed by atoms with Gasteiger partial charge in [-0.25, -0.2) is 4.98 Å². The molecule has 1 heterocycles. The number of hydrogen-bond donors (Lipinski definition) is 0. The van der Waals surface area contributed by atoms with Gasteiger partial charge in [0, 0.05) is 12.3 Å². The van der Waals surface area contributed by atoms with Gasteiger partial charge >= 0.3 is 0 Å². The van der Waals surface area contributed by atoms with E-state index in [0.29, 0.717) is 12.5 Å². The lowest BCUT2D eigenvalue weighted by Gasteiger charge is -2.02. The highest BCUT2D eigenvalue weighted by atomic mass is 16.5. The van der Waals surface area contributed by atoms with E-state index < -0.39 is 0 Å². The van der Waals surface area contributed by atoms with E-state index in [1.807, 2.05) is 6.92 Å². The average Bonchev–Trinajstić information content (AvgIpc) is 2.06. The lowest BCUT2D eigenvalue weighted by molar-refractivity contribution is 0.323. The fourth-order valence-corrected chi connectivity index (χ4v) is 0.745. The van der Waals surface area contributed by atoms with Crippen LogP contribution in [0.1, 0.15) is 6.92 Å². The highest BCUT2D eigenvalue weighted by molar-refractivity contribution is 5.25. The summed E-state index contributed by atoms with van der Waals surface area (Å²) in [5.41, 5.74) is 0. The van der Waals surface area contributed by atoms with Crippen LogP contribution in [0.5, 0.6) is 11.6 Å². The fraction of sp³-hybridized carbons (Fsp3) is 0.375. The van der Waals surface area contributed by atoms with Gasteiger partial charge in [0.05, 0.1) is 13.7 Å². The molecule has 0 atom stereocenters. The topological polar surface area (TPSA) is 31.4 Å². The van der Waals surface area contributed by atoms with Gasteiger partial charge in [-0.15, -0.1) is 0 Å². The maximum Gasteiger partial charge on any atom is 0.216 e. The van der Waals surface area contributed by atoms with E-state index in [0.717, 1.165) is 5.75 Å². The van der Waals surface area contributed by atoms with Crippen LogP contribution >= 0.6 is 0 Å². The number of hydrogen-bond acceptors (Lipinski definition) is 3. The first-order valence-electron chi connectivity index (χ1n) is 3.49. The van der Waals surface area contributed by atoms with Crippen molar-refractivity contribution in [3.05, 3.63) is 18.3 Å². The second-order valence-electron chi connectivity index (χ2n) is 1.97. The molecule has 1 rings (SSSR count). The van der Waals surface area contributed by atoms with Crippen molar-refractivity contribution < 1.29 is 9.47 Å². The Labute approximate surface area is 66.0 Å².